The number of thiazole rings is 1. The standard InChI is InChI=1S/C16H9F3N2OS/c17-9-5-6-11(16(19)15(9)18)20-13(22)7-8-14-21-10-3-1-2-4-12(10)23-14/h1-8H,(H,20,22)/b8-7+. The third-order valence-electron chi connectivity index (χ3n) is 2.98. The van der Waals surface area contributed by atoms with Crippen molar-refractivity contribution < 1.29 is 18.0 Å². The van der Waals surface area contributed by atoms with E-state index in [9.17, 15) is 18.0 Å². The number of fused-ring (bicyclic) bond motifs is 1. The molecule has 1 aromatic heterocycles. The fourth-order valence-corrected chi connectivity index (χ4v) is 2.78. The minimum atomic E-state index is -1.63. The molecule has 3 rings (SSSR count). The molecule has 116 valence electrons. The summed E-state index contributed by atoms with van der Waals surface area (Å²) in [5.74, 6) is -5.05. The van der Waals surface area contributed by atoms with E-state index in [0.29, 0.717) is 5.01 Å². The molecule has 0 spiro atoms. The van der Waals surface area contributed by atoms with E-state index in [-0.39, 0.29) is 0 Å². The topological polar surface area (TPSA) is 42.0 Å². The molecule has 0 bridgehead atoms. The Hall–Kier alpha value is -2.67. The molecule has 0 aliphatic heterocycles. The van der Waals surface area contributed by atoms with Crippen LogP contribution in [0.4, 0.5) is 18.9 Å². The van der Waals surface area contributed by atoms with Crippen LogP contribution in [0.3, 0.4) is 0 Å². The van der Waals surface area contributed by atoms with Crippen LogP contribution in [0.1, 0.15) is 5.01 Å². The van der Waals surface area contributed by atoms with Gasteiger partial charge < -0.3 is 5.32 Å². The van der Waals surface area contributed by atoms with Crippen LogP contribution in [0.25, 0.3) is 16.3 Å². The van der Waals surface area contributed by atoms with Gasteiger partial charge in [-0.1, -0.05) is 12.1 Å². The fraction of sp³-hybridized carbons (Fsp3) is 0. The zero-order chi connectivity index (χ0) is 16.4. The van der Waals surface area contributed by atoms with E-state index in [1.165, 1.54) is 17.4 Å². The van der Waals surface area contributed by atoms with E-state index < -0.39 is 29.0 Å². The van der Waals surface area contributed by atoms with E-state index in [4.69, 9.17) is 0 Å². The Balaban J connectivity index is 1.75. The molecule has 0 unspecified atom stereocenters. The van der Waals surface area contributed by atoms with Gasteiger partial charge >= 0.3 is 0 Å². The highest BCUT2D eigenvalue weighted by atomic mass is 32.1. The number of aromatic nitrogens is 1. The number of benzene rings is 2. The second kappa shape index (κ2) is 6.21. The first-order chi connectivity index (χ1) is 11.0. The molecule has 3 aromatic rings. The number of hydrogen-bond donors (Lipinski definition) is 1. The zero-order valence-corrected chi connectivity index (χ0v) is 12.3. The lowest BCUT2D eigenvalue weighted by atomic mass is 10.2. The van der Waals surface area contributed by atoms with Gasteiger partial charge in [0.1, 0.15) is 5.01 Å². The van der Waals surface area contributed by atoms with E-state index in [0.717, 1.165) is 28.4 Å². The van der Waals surface area contributed by atoms with Crippen molar-refractivity contribution in [3.8, 4) is 0 Å². The molecule has 3 nitrogen and oxygen atoms in total. The predicted octanol–water partition coefficient (Wildman–Crippen LogP) is 4.37. The summed E-state index contributed by atoms with van der Waals surface area (Å²) in [6.45, 7) is 0. The van der Waals surface area contributed by atoms with Crippen molar-refractivity contribution in [1.29, 1.82) is 0 Å². The first-order valence-electron chi connectivity index (χ1n) is 6.53. The van der Waals surface area contributed by atoms with Gasteiger partial charge in [-0.15, -0.1) is 11.3 Å². The molecule has 7 heteroatoms. The van der Waals surface area contributed by atoms with E-state index in [1.807, 2.05) is 24.3 Å². The Morgan fingerprint density at radius 1 is 1.09 bits per heavy atom. The van der Waals surface area contributed by atoms with Gasteiger partial charge in [0.05, 0.1) is 15.9 Å². The Kier molecular flexibility index (Phi) is 4.12. The van der Waals surface area contributed by atoms with Crippen molar-refractivity contribution in [2.24, 2.45) is 0 Å². The summed E-state index contributed by atoms with van der Waals surface area (Å²) in [6.07, 6.45) is 2.62. The Bertz CT molecular complexity index is 888. The van der Waals surface area contributed by atoms with Crippen LogP contribution < -0.4 is 5.32 Å². The van der Waals surface area contributed by atoms with Gasteiger partial charge in [0.15, 0.2) is 17.5 Å². The number of amides is 1. The monoisotopic (exact) mass is 334 g/mol. The van der Waals surface area contributed by atoms with E-state index in [2.05, 4.69) is 10.3 Å². The third kappa shape index (κ3) is 3.24. The maximum Gasteiger partial charge on any atom is 0.248 e. The second-order valence-corrected chi connectivity index (χ2v) is 5.63. The van der Waals surface area contributed by atoms with Gasteiger partial charge in [-0.2, -0.15) is 0 Å². The van der Waals surface area contributed by atoms with Crippen LogP contribution in [-0.2, 0) is 4.79 Å². The van der Waals surface area contributed by atoms with Crippen molar-refractivity contribution in [2.45, 2.75) is 0 Å². The fourth-order valence-electron chi connectivity index (χ4n) is 1.91. The van der Waals surface area contributed by atoms with Crippen LogP contribution in [-0.4, -0.2) is 10.9 Å². The summed E-state index contributed by atoms with van der Waals surface area (Å²) < 4.78 is 40.3. The molecule has 1 amide bonds. The molecular formula is C16H9F3N2OS. The largest absolute Gasteiger partial charge is 0.320 e. The molecule has 0 atom stereocenters. The SMILES string of the molecule is O=C(/C=C/c1nc2ccccc2s1)Nc1ccc(F)c(F)c1F. The van der Waals surface area contributed by atoms with Gasteiger partial charge in [0.25, 0.3) is 0 Å². The molecule has 0 aliphatic rings. The summed E-state index contributed by atoms with van der Waals surface area (Å²) in [5.41, 5.74) is 0.382. The summed E-state index contributed by atoms with van der Waals surface area (Å²) in [5, 5.41) is 2.76. The minimum absolute atomic E-state index is 0.428. The molecule has 0 fully saturated rings. The second-order valence-electron chi connectivity index (χ2n) is 4.57. The van der Waals surface area contributed by atoms with E-state index >= 15 is 0 Å². The van der Waals surface area contributed by atoms with Crippen LogP contribution in [0.5, 0.6) is 0 Å². The lowest BCUT2D eigenvalue weighted by Gasteiger charge is -2.04. The molecule has 2 aromatic carbocycles. The quantitative estimate of drug-likeness (QED) is 0.571. The zero-order valence-electron chi connectivity index (χ0n) is 11.5. The molecule has 23 heavy (non-hydrogen) atoms. The molecule has 0 aliphatic carbocycles. The van der Waals surface area contributed by atoms with E-state index in [1.54, 1.807) is 0 Å². The van der Waals surface area contributed by atoms with Crippen LogP contribution in [0.2, 0.25) is 0 Å². The van der Waals surface area contributed by atoms with Gasteiger partial charge in [0, 0.05) is 6.08 Å². The molecule has 0 saturated carbocycles. The maximum absolute atomic E-state index is 13.5. The van der Waals surface area contributed by atoms with Gasteiger partial charge in [-0.3, -0.25) is 4.79 Å². The highest BCUT2D eigenvalue weighted by molar-refractivity contribution is 7.19. The highest BCUT2D eigenvalue weighted by Crippen LogP contribution is 2.23. The van der Waals surface area contributed by atoms with Crippen molar-refractivity contribution in [2.75, 3.05) is 5.32 Å². The highest BCUT2D eigenvalue weighted by Gasteiger charge is 2.14. The average molecular weight is 334 g/mol. The third-order valence-corrected chi connectivity index (χ3v) is 3.98. The lowest BCUT2D eigenvalue weighted by Crippen LogP contribution is -2.10. The first kappa shape index (κ1) is 15.2. The van der Waals surface area contributed by atoms with Gasteiger partial charge in [0.2, 0.25) is 5.91 Å². The number of carbonyl (C=O) groups is 1. The summed E-state index contributed by atoms with van der Waals surface area (Å²) in [7, 11) is 0. The number of anilines is 1. The van der Waals surface area contributed by atoms with Crippen molar-refractivity contribution in [3.63, 3.8) is 0 Å². The Morgan fingerprint density at radius 3 is 2.65 bits per heavy atom. The Labute approximate surface area is 133 Å². The molecular weight excluding hydrogens is 325 g/mol. The normalized spacial score (nSPS) is 11.3. The number of hydrogen-bond acceptors (Lipinski definition) is 3. The van der Waals surface area contributed by atoms with Gasteiger partial charge in [-0.05, 0) is 30.3 Å². The molecule has 0 saturated heterocycles. The van der Waals surface area contributed by atoms with Crippen molar-refractivity contribution >= 4 is 39.2 Å². The van der Waals surface area contributed by atoms with Crippen molar-refractivity contribution in [1.82, 2.24) is 4.98 Å². The number of para-hydroxylation sites is 1. The number of rotatable bonds is 3. The summed E-state index contributed by atoms with van der Waals surface area (Å²) in [6, 6.07) is 9.18. The van der Waals surface area contributed by atoms with Crippen molar-refractivity contribution in [3.05, 3.63) is 64.9 Å². The van der Waals surface area contributed by atoms with Crippen LogP contribution in [0.15, 0.2) is 42.5 Å². The number of halogens is 3. The van der Waals surface area contributed by atoms with Crippen LogP contribution in [0, 0.1) is 17.5 Å². The molecule has 1 heterocycles. The Morgan fingerprint density at radius 2 is 1.87 bits per heavy atom. The first-order valence-corrected chi connectivity index (χ1v) is 7.34. The number of nitrogens with zero attached hydrogens (tertiary/aromatic N) is 1. The maximum atomic E-state index is 13.5. The lowest BCUT2D eigenvalue weighted by molar-refractivity contribution is -0.111. The summed E-state index contributed by atoms with van der Waals surface area (Å²) >= 11 is 1.39. The summed E-state index contributed by atoms with van der Waals surface area (Å²) in [4.78, 5) is 16.0. The number of nitrogens with one attached hydrogen (secondary N) is 1. The average Bonchev–Trinajstić information content (AvgIpc) is 2.96. The number of carbonyl (C=O) groups excluding carboxylic acids is 1. The predicted molar refractivity (Wildman–Crippen MR) is 83.6 cm³/mol. The molecule has 0 radical (unpaired) electrons. The smallest absolute Gasteiger partial charge is 0.248 e. The van der Waals surface area contributed by atoms with Gasteiger partial charge in [-0.25, -0.2) is 18.2 Å². The molecule has 1 N–H and O–H groups in total. The van der Waals surface area contributed by atoms with Crippen LogP contribution >= 0.6 is 11.3 Å². The minimum Gasteiger partial charge on any atom is -0.320 e.